The van der Waals surface area contributed by atoms with Crippen molar-refractivity contribution >= 4 is 11.6 Å². The van der Waals surface area contributed by atoms with Crippen molar-refractivity contribution < 1.29 is 4.79 Å². The van der Waals surface area contributed by atoms with Crippen molar-refractivity contribution in [2.45, 2.75) is 38.9 Å². The molecule has 8 heteroatoms. The first-order chi connectivity index (χ1) is 19.0. The molecule has 1 amide bonds. The van der Waals surface area contributed by atoms with Crippen LogP contribution in [-0.4, -0.2) is 51.3 Å². The summed E-state index contributed by atoms with van der Waals surface area (Å²) in [4.78, 5) is 30.8. The monoisotopic (exact) mass is 524 g/mol. The van der Waals surface area contributed by atoms with Gasteiger partial charge in [0.25, 0.3) is 0 Å². The van der Waals surface area contributed by atoms with Crippen LogP contribution in [0.25, 0.3) is 5.69 Å². The van der Waals surface area contributed by atoms with E-state index in [1.807, 2.05) is 86.6 Å². The number of aromatic nitrogens is 3. The van der Waals surface area contributed by atoms with E-state index >= 15 is 0 Å². The Hall–Kier alpha value is -4.17. The molecule has 3 aromatic carbocycles. The molecule has 4 aromatic rings. The van der Waals surface area contributed by atoms with Crippen LogP contribution in [0.4, 0.5) is 5.69 Å². The number of anilines is 1. The molecule has 2 heterocycles. The number of hydrogen-bond donors (Lipinski definition) is 1. The number of amides is 1. The zero-order chi connectivity index (χ0) is 27.2. The predicted octanol–water partition coefficient (Wildman–Crippen LogP) is 4.18. The van der Waals surface area contributed by atoms with Gasteiger partial charge in [0.1, 0.15) is 12.4 Å². The molecule has 0 radical (unpaired) electrons. The fraction of sp³-hybridized carbons (Fsp3) is 0.323. The van der Waals surface area contributed by atoms with Crippen molar-refractivity contribution in [3.63, 3.8) is 0 Å². The molecule has 1 aliphatic rings. The van der Waals surface area contributed by atoms with Crippen LogP contribution >= 0.6 is 0 Å². The molecule has 39 heavy (non-hydrogen) atoms. The van der Waals surface area contributed by atoms with E-state index in [4.69, 9.17) is 0 Å². The van der Waals surface area contributed by atoms with Gasteiger partial charge in [-0.25, -0.2) is 14.0 Å². The highest BCUT2D eigenvalue weighted by Crippen LogP contribution is 2.25. The van der Waals surface area contributed by atoms with Gasteiger partial charge >= 0.3 is 5.69 Å². The van der Waals surface area contributed by atoms with Gasteiger partial charge in [-0.2, -0.15) is 5.10 Å². The molecule has 1 saturated heterocycles. The van der Waals surface area contributed by atoms with Crippen molar-refractivity contribution in [2.75, 3.05) is 31.1 Å². The molecule has 8 nitrogen and oxygen atoms in total. The maximum absolute atomic E-state index is 13.4. The average Bonchev–Trinajstić information content (AvgIpc) is 3.38. The Morgan fingerprint density at radius 2 is 1.49 bits per heavy atom. The van der Waals surface area contributed by atoms with Crippen LogP contribution in [0.3, 0.4) is 0 Å². The molecule has 1 fully saturated rings. The van der Waals surface area contributed by atoms with E-state index in [1.165, 1.54) is 4.68 Å². The van der Waals surface area contributed by atoms with Crippen LogP contribution in [0.5, 0.6) is 0 Å². The topological polar surface area (TPSA) is 75.4 Å². The molecule has 1 aromatic heterocycles. The highest BCUT2D eigenvalue weighted by Gasteiger charge is 2.30. The summed E-state index contributed by atoms with van der Waals surface area (Å²) in [5.41, 5.74) is 3.87. The molecule has 5 rings (SSSR count). The first-order valence-corrected chi connectivity index (χ1v) is 13.7. The Morgan fingerprint density at radius 3 is 2.13 bits per heavy atom. The SMILES string of the molecule is CCC(C)n1ncn(-c2ccc(N3CCN(C(C(=O)NCc4ccccc4)c4ccccc4)CC3)cc2)c1=O. The number of nitrogens with one attached hydrogen (secondary N) is 1. The lowest BCUT2D eigenvalue weighted by Gasteiger charge is -2.39. The molecule has 0 spiro atoms. The van der Waals surface area contributed by atoms with Gasteiger partial charge in [-0.1, -0.05) is 67.6 Å². The summed E-state index contributed by atoms with van der Waals surface area (Å²) in [6, 6.07) is 27.8. The Morgan fingerprint density at radius 1 is 0.872 bits per heavy atom. The van der Waals surface area contributed by atoms with Gasteiger partial charge in [0.2, 0.25) is 5.91 Å². The van der Waals surface area contributed by atoms with Crippen LogP contribution in [0, 0.1) is 0 Å². The molecule has 2 atom stereocenters. The van der Waals surface area contributed by atoms with Crippen LogP contribution in [0.1, 0.15) is 43.5 Å². The zero-order valence-electron chi connectivity index (χ0n) is 22.6. The smallest absolute Gasteiger partial charge is 0.350 e. The number of benzene rings is 3. The van der Waals surface area contributed by atoms with Crippen molar-refractivity contribution in [2.24, 2.45) is 0 Å². The van der Waals surface area contributed by atoms with Gasteiger partial charge in [0, 0.05) is 38.4 Å². The van der Waals surface area contributed by atoms with E-state index < -0.39 is 0 Å². The van der Waals surface area contributed by atoms with E-state index in [1.54, 1.807) is 10.9 Å². The van der Waals surface area contributed by atoms with Gasteiger partial charge < -0.3 is 10.2 Å². The minimum Gasteiger partial charge on any atom is -0.369 e. The predicted molar refractivity (Wildman–Crippen MR) is 154 cm³/mol. The highest BCUT2D eigenvalue weighted by atomic mass is 16.2. The second-order valence-corrected chi connectivity index (χ2v) is 10.0. The van der Waals surface area contributed by atoms with Crippen LogP contribution in [0.15, 0.2) is 96.1 Å². The quantitative estimate of drug-likeness (QED) is 0.356. The Labute approximate surface area is 229 Å². The lowest BCUT2D eigenvalue weighted by atomic mass is 10.0. The lowest BCUT2D eigenvalue weighted by molar-refractivity contribution is -0.127. The van der Waals surface area contributed by atoms with Crippen molar-refractivity contribution in [3.8, 4) is 5.69 Å². The van der Waals surface area contributed by atoms with Crippen molar-refractivity contribution in [1.29, 1.82) is 0 Å². The Bertz CT molecular complexity index is 1410. The molecular weight excluding hydrogens is 488 g/mol. The summed E-state index contributed by atoms with van der Waals surface area (Å²) in [6.07, 6.45) is 2.44. The molecule has 1 aliphatic heterocycles. The molecule has 202 valence electrons. The number of carbonyl (C=O) groups is 1. The molecule has 1 N–H and O–H groups in total. The van der Waals surface area contributed by atoms with Gasteiger partial charge in [-0.3, -0.25) is 9.69 Å². The van der Waals surface area contributed by atoms with Crippen molar-refractivity contribution in [3.05, 3.63) is 113 Å². The van der Waals surface area contributed by atoms with Gasteiger partial charge in [-0.15, -0.1) is 0 Å². The third-order valence-electron chi connectivity index (χ3n) is 7.55. The summed E-state index contributed by atoms with van der Waals surface area (Å²) >= 11 is 0. The standard InChI is InChI=1S/C31H36N6O2/c1-3-24(2)37-31(39)36(23-33-37)28-16-14-27(15-17-28)34-18-20-35(21-19-34)29(26-12-8-5-9-13-26)30(38)32-22-25-10-6-4-7-11-25/h4-17,23-24,29H,3,18-22H2,1-2H3,(H,32,38). The van der Waals surface area contributed by atoms with Crippen LogP contribution in [0.2, 0.25) is 0 Å². The van der Waals surface area contributed by atoms with Gasteiger partial charge in [0.15, 0.2) is 0 Å². The van der Waals surface area contributed by atoms with Gasteiger partial charge in [-0.05, 0) is 48.7 Å². The number of nitrogens with zero attached hydrogens (tertiary/aromatic N) is 5. The molecule has 0 aliphatic carbocycles. The van der Waals surface area contributed by atoms with E-state index in [9.17, 15) is 9.59 Å². The average molecular weight is 525 g/mol. The third-order valence-corrected chi connectivity index (χ3v) is 7.55. The minimum atomic E-state index is -0.339. The normalized spacial score (nSPS) is 15.6. The first-order valence-electron chi connectivity index (χ1n) is 13.7. The summed E-state index contributed by atoms with van der Waals surface area (Å²) in [5, 5.41) is 7.44. The zero-order valence-corrected chi connectivity index (χ0v) is 22.6. The number of hydrogen-bond acceptors (Lipinski definition) is 5. The van der Waals surface area contributed by atoms with E-state index in [-0.39, 0.29) is 23.7 Å². The minimum absolute atomic E-state index is 0.0197. The fourth-order valence-electron chi connectivity index (χ4n) is 5.08. The van der Waals surface area contributed by atoms with Crippen LogP contribution in [-0.2, 0) is 11.3 Å². The van der Waals surface area contributed by atoms with E-state index in [0.29, 0.717) is 6.54 Å². The second kappa shape index (κ2) is 12.1. The first kappa shape index (κ1) is 26.4. The fourth-order valence-corrected chi connectivity index (χ4v) is 5.08. The van der Waals surface area contributed by atoms with E-state index in [0.717, 1.165) is 55.1 Å². The maximum atomic E-state index is 13.4. The largest absolute Gasteiger partial charge is 0.369 e. The third kappa shape index (κ3) is 5.96. The van der Waals surface area contributed by atoms with Gasteiger partial charge in [0.05, 0.1) is 11.7 Å². The summed E-state index contributed by atoms with van der Waals surface area (Å²) in [5.74, 6) is 0.0197. The molecule has 0 bridgehead atoms. The van der Waals surface area contributed by atoms with Crippen LogP contribution < -0.4 is 15.9 Å². The highest BCUT2D eigenvalue weighted by molar-refractivity contribution is 5.83. The Balaban J connectivity index is 1.25. The molecule has 0 saturated carbocycles. The van der Waals surface area contributed by atoms with Crippen molar-refractivity contribution in [1.82, 2.24) is 24.6 Å². The number of carbonyl (C=O) groups excluding carboxylic acids is 1. The summed E-state index contributed by atoms with van der Waals surface area (Å²) in [6.45, 7) is 7.69. The number of rotatable bonds is 9. The summed E-state index contributed by atoms with van der Waals surface area (Å²) < 4.78 is 3.12. The molecular formula is C31H36N6O2. The Kier molecular flexibility index (Phi) is 8.22. The number of piperazine rings is 1. The molecule has 2 unspecified atom stereocenters. The lowest BCUT2D eigenvalue weighted by Crippen LogP contribution is -2.51. The second-order valence-electron chi connectivity index (χ2n) is 10.0. The maximum Gasteiger partial charge on any atom is 0.350 e. The van der Waals surface area contributed by atoms with E-state index in [2.05, 4.69) is 32.3 Å². The summed E-state index contributed by atoms with van der Waals surface area (Å²) in [7, 11) is 0.